The van der Waals surface area contributed by atoms with Crippen LogP contribution in [-0.4, -0.2) is 56.3 Å². The van der Waals surface area contributed by atoms with Crippen molar-refractivity contribution in [2.75, 3.05) is 19.7 Å². The summed E-state index contributed by atoms with van der Waals surface area (Å²) >= 11 is 0. The van der Waals surface area contributed by atoms with E-state index in [1.165, 1.54) is 6.20 Å². The number of hydrogen-bond acceptors (Lipinski definition) is 5. The molecule has 0 aromatic carbocycles. The van der Waals surface area contributed by atoms with Crippen LogP contribution in [0.3, 0.4) is 0 Å². The Labute approximate surface area is 112 Å². The maximum absolute atomic E-state index is 12.2. The number of rotatable bonds is 2. The average Bonchev–Trinajstić information content (AvgIpc) is 2.62. The Bertz CT molecular complexity index is 449. The number of amides is 1. The van der Waals surface area contributed by atoms with E-state index < -0.39 is 5.60 Å². The number of nitrogens with zero attached hydrogens (tertiary/aromatic N) is 3. The summed E-state index contributed by atoms with van der Waals surface area (Å²) in [4.78, 5) is 22.0. The summed E-state index contributed by atoms with van der Waals surface area (Å²) in [7, 11) is 0. The van der Waals surface area contributed by atoms with Crippen LogP contribution < -0.4 is 0 Å². The largest absolute Gasteiger partial charge is 0.393 e. The standard InChI is InChI=1S/C13H19N3O3/c1-10-7-15-11(8-14-10)12(18)16-5-2-3-13(19,9-17)4-6-16/h7-8,17,19H,2-6,9H2,1H3/t13-/m1/s1. The quantitative estimate of drug-likeness (QED) is 0.794. The second-order valence-electron chi connectivity index (χ2n) is 5.07. The number of likely N-dealkylation sites (tertiary alicyclic amines) is 1. The van der Waals surface area contributed by atoms with Gasteiger partial charge in [-0.2, -0.15) is 0 Å². The molecule has 0 radical (unpaired) electrons. The Balaban J connectivity index is 2.06. The SMILES string of the molecule is Cc1cnc(C(=O)N2CCC[C@](O)(CO)CC2)cn1. The number of aromatic nitrogens is 2. The summed E-state index contributed by atoms with van der Waals surface area (Å²) < 4.78 is 0. The Morgan fingerprint density at radius 2 is 2.16 bits per heavy atom. The van der Waals surface area contributed by atoms with E-state index in [1.54, 1.807) is 11.1 Å². The van der Waals surface area contributed by atoms with Crippen molar-refractivity contribution in [2.45, 2.75) is 31.8 Å². The van der Waals surface area contributed by atoms with E-state index in [2.05, 4.69) is 9.97 Å². The number of carbonyl (C=O) groups excluding carboxylic acids is 1. The maximum Gasteiger partial charge on any atom is 0.274 e. The van der Waals surface area contributed by atoms with Crippen LogP contribution in [0.1, 0.15) is 35.4 Å². The minimum atomic E-state index is -1.06. The fraction of sp³-hybridized carbons (Fsp3) is 0.615. The Morgan fingerprint density at radius 1 is 1.37 bits per heavy atom. The molecule has 1 amide bonds. The molecule has 1 aliphatic rings. The van der Waals surface area contributed by atoms with E-state index in [1.807, 2.05) is 6.92 Å². The number of carbonyl (C=O) groups is 1. The minimum Gasteiger partial charge on any atom is -0.393 e. The molecule has 6 nitrogen and oxygen atoms in total. The van der Waals surface area contributed by atoms with E-state index >= 15 is 0 Å². The fourth-order valence-corrected chi connectivity index (χ4v) is 2.21. The first-order chi connectivity index (χ1) is 9.04. The highest BCUT2D eigenvalue weighted by Gasteiger charge is 2.31. The second-order valence-corrected chi connectivity index (χ2v) is 5.07. The molecular weight excluding hydrogens is 246 g/mol. The van der Waals surface area contributed by atoms with Gasteiger partial charge in [0.1, 0.15) is 5.69 Å². The van der Waals surface area contributed by atoms with Gasteiger partial charge in [0, 0.05) is 19.3 Å². The predicted molar refractivity (Wildman–Crippen MR) is 68.6 cm³/mol. The molecule has 19 heavy (non-hydrogen) atoms. The van der Waals surface area contributed by atoms with E-state index in [9.17, 15) is 15.0 Å². The summed E-state index contributed by atoms with van der Waals surface area (Å²) in [6.45, 7) is 2.54. The van der Waals surface area contributed by atoms with Gasteiger partial charge in [-0.1, -0.05) is 0 Å². The molecule has 0 bridgehead atoms. The van der Waals surface area contributed by atoms with Crippen molar-refractivity contribution in [2.24, 2.45) is 0 Å². The average molecular weight is 265 g/mol. The third-order valence-electron chi connectivity index (χ3n) is 3.50. The van der Waals surface area contributed by atoms with Gasteiger partial charge >= 0.3 is 0 Å². The first-order valence-corrected chi connectivity index (χ1v) is 6.45. The van der Waals surface area contributed by atoms with Crippen LogP contribution in [0, 0.1) is 6.92 Å². The zero-order chi connectivity index (χ0) is 13.9. The van der Waals surface area contributed by atoms with Crippen LogP contribution in [0.15, 0.2) is 12.4 Å². The van der Waals surface area contributed by atoms with Gasteiger partial charge in [0.2, 0.25) is 0 Å². The van der Waals surface area contributed by atoms with Gasteiger partial charge in [-0.15, -0.1) is 0 Å². The lowest BCUT2D eigenvalue weighted by Gasteiger charge is -2.24. The summed E-state index contributed by atoms with van der Waals surface area (Å²) in [6.07, 6.45) is 4.60. The van der Waals surface area contributed by atoms with Crippen LogP contribution >= 0.6 is 0 Å². The van der Waals surface area contributed by atoms with Gasteiger partial charge in [-0.25, -0.2) is 4.98 Å². The van der Waals surface area contributed by atoms with E-state index in [0.717, 1.165) is 5.69 Å². The molecule has 1 atom stereocenters. The lowest BCUT2D eigenvalue weighted by molar-refractivity contribution is -0.0250. The summed E-state index contributed by atoms with van der Waals surface area (Å²) in [5, 5.41) is 19.2. The third-order valence-corrected chi connectivity index (χ3v) is 3.50. The van der Waals surface area contributed by atoms with Gasteiger partial charge in [0.25, 0.3) is 5.91 Å². The Morgan fingerprint density at radius 3 is 2.79 bits per heavy atom. The molecule has 0 spiro atoms. The molecule has 2 heterocycles. The molecule has 0 aliphatic carbocycles. The summed E-state index contributed by atoms with van der Waals surface area (Å²) in [5.41, 5.74) is 0.0238. The van der Waals surface area contributed by atoms with Gasteiger partial charge < -0.3 is 15.1 Å². The molecule has 1 aromatic rings. The highest BCUT2D eigenvalue weighted by Crippen LogP contribution is 2.22. The normalized spacial score (nSPS) is 24.1. The first-order valence-electron chi connectivity index (χ1n) is 6.45. The molecule has 0 unspecified atom stereocenters. The molecule has 1 aliphatic heterocycles. The molecule has 0 saturated carbocycles. The smallest absolute Gasteiger partial charge is 0.274 e. The summed E-state index contributed by atoms with van der Waals surface area (Å²) in [6, 6.07) is 0. The molecule has 1 aromatic heterocycles. The maximum atomic E-state index is 12.2. The topological polar surface area (TPSA) is 86.6 Å². The van der Waals surface area contributed by atoms with Crippen molar-refractivity contribution in [3.8, 4) is 0 Å². The highest BCUT2D eigenvalue weighted by atomic mass is 16.3. The monoisotopic (exact) mass is 265 g/mol. The number of aliphatic hydroxyl groups excluding tert-OH is 1. The van der Waals surface area contributed by atoms with E-state index in [4.69, 9.17) is 0 Å². The van der Waals surface area contributed by atoms with Crippen molar-refractivity contribution in [1.29, 1.82) is 0 Å². The van der Waals surface area contributed by atoms with E-state index in [-0.39, 0.29) is 12.5 Å². The Kier molecular flexibility index (Phi) is 4.11. The first kappa shape index (κ1) is 13.9. The van der Waals surface area contributed by atoms with Gasteiger partial charge in [-0.05, 0) is 26.2 Å². The Hall–Kier alpha value is -1.53. The van der Waals surface area contributed by atoms with Crippen molar-refractivity contribution >= 4 is 5.91 Å². The number of aryl methyl sites for hydroxylation is 1. The lowest BCUT2D eigenvalue weighted by Crippen LogP contribution is -2.36. The van der Waals surface area contributed by atoms with Crippen LogP contribution in [0.4, 0.5) is 0 Å². The molecule has 1 fully saturated rings. The molecule has 2 rings (SSSR count). The third kappa shape index (κ3) is 3.27. The number of aliphatic hydroxyl groups is 2. The van der Waals surface area contributed by atoms with Crippen LogP contribution in [0.2, 0.25) is 0 Å². The lowest BCUT2D eigenvalue weighted by atomic mass is 9.96. The van der Waals surface area contributed by atoms with Crippen LogP contribution in [0.5, 0.6) is 0 Å². The molecule has 104 valence electrons. The van der Waals surface area contributed by atoms with Crippen molar-refractivity contribution < 1.29 is 15.0 Å². The van der Waals surface area contributed by atoms with Crippen LogP contribution in [-0.2, 0) is 0 Å². The summed E-state index contributed by atoms with van der Waals surface area (Å²) in [5.74, 6) is -0.172. The minimum absolute atomic E-state index is 0.172. The van der Waals surface area contributed by atoms with Crippen molar-refractivity contribution in [3.05, 3.63) is 23.8 Å². The van der Waals surface area contributed by atoms with Crippen LogP contribution in [0.25, 0.3) is 0 Å². The van der Waals surface area contributed by atoms with Gasteiger partial charge in [-0.3, -0.25) is 9.78 Å². The molecule has 1 saturated heterocycles. The molecule has 6 heteroatoms. The van der Waals surface area contributed by atoms with Crippen molar-refractivity contribution in [1.82, 2.24) is 14.9 Å². The second kappa shape index (κ2) is 5.63. The van der Waals surface area contributed by atoms with Crippen molar-refractivity contribution in [3.63, 3.8) is 0 Å². The van der Waals surface area contributed by atoms with E-state index in [0.29, 0.717) is 38.0 Å². The molecule has 2 N–H and O–H groups in total. The number of hydrogen-bond donors (Lipinski definition) is 2. The van der Waals surface area contributed by atoms with Gasteiger partial charge in [0.15, 0.2) is 0 Å². The van der Waals surface area contributed by atoms with Gasteiger partial charge in [0.05, 0.1) is 24.1 Å². The molecular formula is C13H19N3O3. The predicted octanol–water partition coefficient (Wildman–Crippen LogP) is 0.135. The zero-order valence-electron chi connectivity index (χ0n) is 11.0. The fourth-order valence-electron chi connectivity index (χ4n) is 2.21. The zero-order valence-corrected chi connectivity index (χ0v) is 11.0. The highest BCUT2D eigenvalue weighted by molar-refractivity contribution is 5.92.